The Balaban J connectivity index is 3.70. The molecule has 18 heteroatoms. The Bertz CT molecular complexity index is 723. The summed E-state index contributed by atoms with van der Waals surface area (Å²) in [6.45, 7) is 0. The van der Waals surface area contributed by atoms with Gasteiger partial charge in [0, 0.05) is 0 Å². The fraction of sp³-hybridized carbons (Fsp3) is 0.571. The third kappa shape index (κ3) is 5.74. The quantitative estimate of drug-likeness (QED) is 0.126. The fourth-order valence-electron chi connectivity index (χ4n) is 2.00. The van der Waals surface area contributed by atoms with Crippen molar-refractivity contribution in [3.63, 3.8) is 0 Å². The molecular formula is C14H10F12O2S3Se. The summed E-state index contributed by atoms with van der Waals surface area (Å²) in [4.78, 5) is -0.420. The van der Waals surface area contributed by atoms with Crippen molar-refractivity contribution in [2.75, 3.05) is 0 Å². The van der Waals surface area contributed by atoms with Crippen molar-refractivity contribution in [2.24, 2.45) is 0 Å². The van der Waals surface area contributed by atoms with Gasteiger partial charge in [0.1, 0.15) is 0 Å². The van der Waals surface area contributed by atoms with Crippen LogP contribution in [0.3, 0.4) is 0 Å². The molecule has 1 rings (SSSR count). The zero-order valence-corrected chi connectivity index (χ0v) is 18.9. The van der Waals surface area contributed by atoms with Gasteiger partial charge in [-0.25, -0.2) is 0 Å². The Morgan fingerprint density at radius 1 is 0.656 bits per heavy atom. The Labute approximate surface area is 191 Å². The monoisotopic (exact) mass is 614 g/mol. The van der Waals surface area contributed by atoms with Gasteiger partial charge in [0.05, 0.1) is 0 Å². The number of thiol groups is 1. The molecule has 1 aromatic rings. The summed E-state index contributed by atoms with van der Waals surface area (Å²) in [5.41, 5.74) is -11.4. The number of benzene rings is 1. The molecule has 0 fully saturated rings. The summed E-state index contributed by atoms with van der Waals surface area (Å²) in [6, 6.07) is 5.40. The van der Waals surface area contributed by atoms with Crippen molar-refractivity contribution in [3.8, 4) is 0 Å². The summed E-state index contributed by atoms with van der Waals surface area (Å²) in [5.74, 6) is 0. The maximum atomic E-state index is 13.4. The Hall–Kier alpha value is -0.131. The van der Waals surface area contributed by atoms with Crippen LogP contribution in [0.15, 0.2) is 35.2 Å². The van der Waals surface area contributed by atoms with Crippen molar-refractivity contribution in [2.45, 2.75) is 49.1 Å². The molecule has 2 N–H and O–H groups in total. The van der Waals surface area contributed by atoms with Crippen molar-refractivity contribution in [3.05, 3.63) is 30.3 Å². The van der Waals surface area contributed by atoms with Crippen LogP contribution in [0.4, 0.5) is 52.7 Å². The number of halogens is 12. The summed E-state index contributed by atoms with van der Waals surface area (Å²) in [5, 5.41) is 19.2. The second-order valence-corrected chi connectivity index (χ2v) is 12.2. The molecule has 0 heterocycles. The molecule has 0 aromatic heterocycles. The zero-order chi connectivity index (χ0) is 25.4. The van der Waals surface area contributed by atoms with Crippen LogP contribution >= 0.6 is 34.2 Å². The number of alkyl halides is 12. The van der Waals surface area contributed by atoms with E-state index in [1.165, 1.54) is 6.07 Å². The third-order valence-corrected chi connectivity index (χ3v) is 11.8. The number of hydrogen-bond acceptors (Lipinski definition) is 5. The molecule has 0 bridgehead atoms. The van der Waals surface area contributed by atoms with Crippen LogP contribution in [0.25, 0.3) is 0 Å². The van der Waals surface area contributed by atoms with E-state index in [0.717, 1.165) is 24.3 Å². The summed E-state index contributed by atoms with van der Waals surface area (Å²) >= 11 is -0.313. The average molecular weight is 613 g/mol. The molecular weight excluding hydrogens is 603 g/mol. The summed E-state index contributed by atoms with van der Waals surface area (Å²) < 4.78 is 152. The van der Waals surface area contributed by atoms with E-state index in [2.05, 4.69) is 11.7 Å². The minimum atomic E-state index is -6.54. The topological polar surface area (TPSA) is 40.5 Å². The average Bonchev–Trinajstić information content (AvgIpc) is 2.60. The first-order valence-corrected chi connectivity index (χ1v) is 12.3. The van der Waals surface area contributed by atoms with Gasteiger partial charge in [-0.05, 0) is 0 Å². The van der Waals surface area contributed by atoms with Crippen LogP contribution in [0, 0.1) is 0 Å². The van der Waals surface area contributed by atoms with Crippen LogP contribution in [0.5, 0.6) is 0 Å². The van der Waals surface area contributed by atoms with E-state index in [0.29, 0.717) is 0 Å². The van der Waals surface area contributed by atoms with E-state index in [-0.39, 0.29) is 0 Å². The van der Waals surface area contributed by atoms with Gasteiger partial charge >= 0.3 is 192 Å². The molecule has 2 atom stereocenters. The van der Waals surface area contributed by atoms with E-state index in [1.807, 2.05) is 0 Å². The van der Waals surface area contributed by atoms with Gasteiger partial charge in [0.25, 0.3) is 0 Å². The SMILES string of the molecule is OC([C@H](SS)[Se][C@H](Sc1ccccc1)C(O)(C(F)(F)F)C(F)(F)F)(C(F)(F)F)C(F)(F)F. The first-order chi connectivity index (χ1) is 14.1. The van der Waals surface area contributed by atoms with E-state index in [1.54, 1.807) is 0 Å². The Morgan fingerprint density at radius 3 is 1.31 bits per heavy atom. The molecule has 0 aliphatic rings. The van der Waals surface area contributed by atoms with Crippen molar-refractivity contribution < 1.29 is 62.9 Å². The summed E-state index contributed by atoms with van der Waals surface area (Å²) in [7, 11) is -0.720. The second-order valence-electron chi connectivity index (χ2n) is 5.86. The number of rotatable bonds is 7. The molecule has 2 nitrogen and oxygen atoms in total. The molecule has 186 valence electrons. The second kappa shape index (κ2) is 9.85. The number of aliphatic hydroxyl groups is 2. The van der Waals surface area contributed by atoms with Crippen molar-refractivity contribution in [1.29, 1.82) is 0 Å². The van der Waals surface area contributed by atoms with E-state index in [4.69, 9.17) is 0 Å². The zero-order valence-electron chi connectivity index (χ0n) is 14.6. The van der Waals surface area contributed by atoms with Gasteiger partial charge in [-0.2, -0.15) is 0 Å². The van der Waals surface area contributed by atoms with Crippen LogP contribution in [-0.4, -0.2) is 69.4 Å². The van der Waals surface area contributed by atoms with Crippen molar-refractivity contribution in [1.82, 2.24) is 0 Å². The maximum absolute atomic E-state index is 13.4. The minimum absolute atomic E-state index is 0.420. The van der Waals surface area contributed by atoms with Gasteiger partial charge in [-0.3, -0.25) is 0 Å². The number of thioether (sulfide) groups is 1. The molecule has 0 aliphatic heterocycles. The molecule has 32 heavy (non-hydrogen) atoms. The molecule has 0 amide bonds. The van der Waals surface area contributed by atoms with Gasteiger partial charge < -0.3 is 0 Å². The van der Waals surface area contributed by atoms with E-state index < -0.39 is 86.6 Å². The number of hydrogen-bond donors (Lipinski definition) is 3. The molecule has 0 saturated heterocycles. The predicted octanol–water partition coefficient (Wildman–Crippen LogP) is 5.42. The fourth-order valence-corrected chi connectivity index (χ4v) is 10.1. The van der Waals surface area contributed by atoms with Crippen LogP contribution < -0.4 is 0 Å². The first kappa shape index (κ1) is 29.9. The van der Waals surface area contributed by atoms with Gasteiger partial charge in [0.15, 0.2) is 0 Å². The summed E-state index contributed by atoms with van der Waals surface area (Å²) in [6.07, 6.45) is -26.2. The standard InChI is InChI=1S/C14H10F12O2S3Se/c15-11(16,17)9(27,12(18,19)20)7(30-6-4-2-1-3-5-6)32-8(31-29)10(28,13(21,22)23)14(24,25)26/h1-5,7-8,27-29H/t7-,8+/m0/s1. The third-order valence-electron chi connectivity index (χ3n) is 3.74. The van der Waals surface area contributed by atoms with Gasteiger partial charge in [-0.15, -0.1) is 0 Å². The normalized spacial score (nSPS) is 16.7. The van der Waals surface area contributed by atoms with E-state index in [9.17, 15) is 62.9 Å². The first-order valence-electron chi connectivity index (χ1n) is 7.53. The molecule has 0 saturated carbocycles. The van der Waals surface area contributed by atoms with Gasteiger partial charge in [-0.1, -0.05) is 0 Å². The van der Waals surface area contributed by atoms with Crippen molar-refractivity contribution >= 4 is 49.2 Å². The van der Waals surface area contributed by atoms with Crippen LogP contribution in [0.1, 0.15) is 0 Å². The molecule has 0 radical (unpaired) electrons. The molecule has 1 aromatic carbocycles. The molecule has 0 aliphatic carbocycles. The van der Waals surface area contributed by atoms with E-state index >= 15 is 0 Å². The van der Waals surface area contributed by atoms with Crippen LogP contribution in [0.2, 0.25) is 0 Å². The molecule has 0 unspecified atom stereocenters. The van der Waals surface area contributed by atoms with Gasteiger partial charge in [0.2, 0.25) is 0 Å². The molecule has 0 spiro atoms. The van der Waals surface area contributed by atoms with Crippen LogP contribution in [-0.2, 0) is 0 Å². The predicted molar refractivity (Wildman–Crippen MR) is 96.3 cm³/mol. The Morgan fingerprint density at radius 2 is 1.00 bits per heavy atom. The Kier molecular flexibility index (Phi) is 9.21.